The summed E-state index contributed by atoms with van der Waals surface area (Å²) in [7, 11) is 1.60. The second-order valence-corrected chi connectivity index (χ2v) is 7.29. The Hall–Kier alpha value is -2.08. The van der Waals surface area contributed by atoms with E-state index in [-0.39, 0.29) is 12.4 Å². The second-order valence-electron chi connectivity index (χ2n) is 7.29. The van der Waals surface area contributed by atoms with Crippen LogP contribution in [0.4, 0.5) is 0 Å². The number of ether oxygens (including phenoxy) is 1. The summed E-state index contributed by atoms with van der Waals surface area (Å²) in [6, 6.07) is 14.3. The Morgan fingerprint density at radius 2 is 1.89 bits per heavy atom. The standard InChI is InChI=1S/C22H30N2O3/c1-17-5-3-4-6-18(17)15-24-11-10-23(16-20(24)9-12-25)14-19-7-8-21(27-2)13-22(19)26/h3-8,13,20,25-26H,9-12,14-16H2,1-2H3. The Balaban J connectivity index is 1.66. The first-order valence-electron chi connectivity index (χ1n) is 9.58. The number of methoxy groups -OCH3 is 1. The van der Waals surface area contributed by atoms with Gasteiger partial charge in [-0.25, -0.2) is 0 Å². The summed E-state index contributed by atoms with van der Waals surface area (Å²) in [6.07, 6.45) is 0.761. The highest BCUT2D eigenvalue weighted by molar-refractivity contribution is 5.39. The zero-order valence-corrected chi connectivity index (χ0v) is 16.3. The van der Waals surface area contributed by atoms with Gasteiger partial charge in [0.2, 0.25) is 0 Å². The van der Waals surface area contributed by atoms with Crippen molar-refractivity contribution in [3.8, 4) is 11.5 Å². The predicted octanol–water partition coefficient (Wildman–Crippen LogP) is 2.78. The van der Waals surface area contributed by atoms with Crippen LogP contribution in [0.25, 0.3) is 0 Å². The van der Waals surface area contributed by atoms with Gasteiger partial charge in [-0.3, -0.25) is 9.80 Å². The number of hydrogen-bond donors (Lipinski definition) is 2. The van der Waals surface area contributed by atoms with E-state index in [9.17, 15) is 10.2 Å². The fourth-order valence-corrected chi connectivity index (χ4v) is 3.78. The number of benzene rings is 2. The van der Waals surface area contributed by atoms with Crippen LogP contribution in [0.2, 0.25) is 0 Å². The molecule has 0 aromatic heterocycles. The zero-order valence-electron chi connectivity index (χ0n) is 16.3. The van der Waals surface area contributed by atoms with Gasteiger partial charge in [0.05, 0.1) is 7.11 Å². The van der Waals surface area contributed by atoms with Gasteiger partial charge in [0.25, 0.3) is 0 Å². The SMILES string of the molecule is COc1ccc(CN2CCN(Cc3ccccc3C)C(CCO)C2)c(O)c1. The first-order valence-corrected chi connectivity index (χ1v) is 9.58. The fraction of sp³-hybridized carbons (Fsp3) is 0.455. The number of rotatable bonds is 7. The van der Waals surface area contributed by atoms with Crippen molar-refractivity contribution in [2.24, 2.45) is 0 Å². The minimum Gasteiger partial charge on any atom is -0.507 e. The maximum Gasteiger partial charge on any atom is 0.123 e. The highest BCUT2D eigenvalue weighted by Gasteiger charge is 2.27. The van der Waals surface area contributed by atoms with E-state index in [1.54, 1.807) is 13.2 Å². The average Bonchev–Trinajstić information content (AvgIpc) is 2.67. The molecule has 0 saturated carbocycles. The van der Waals surface area contributed by atoms with Crippen LogP contribution in [0.1, 0.15) is 23.1 Å². The quantitative estimate of drug-likeness (QED) is 0.785. The average molecular weight is 370 g/mol. The molecule has 2 N–H and O–H groups in total. The summed E-state index contributed by atoms with van der Waals surface area (Å²) in [5.74, 6) is 0.938. The highest BCUT2D eigenvalue weighted by atomic mass is 16.5. The third-order valence-electron chi connectivity index (χ3n) is 5.47. The van der Waals surface area contributed by atoms with Gasteiger partial charge in [-0.1, -0.05) is 30.3 Å². The number of aryl methyl sites for hydroxylation is 1. The molecule has 1 atom stereocenters. The molecular formula is C22H30N2O3. The van der Waals surface area contributed by atoms with E-state index in [0.29, 0.717) is 18.3 Å². The minimum absolute atomic E-state index is 0.191. The number of hydrogen-bond acceptors (Lipinski definition) is 5. The van der Waals surface area contributed by atoms with Crippen LogP contribution < -0.4 is 4.74 Å². The number of aliphatic hydroxyl groups is 1. The lowest BCUT2D eigenvalue weighted by atomic mass is 10.0. The van der Waals surface area contributed by atoms with Gasteiger partial charge in [0.15, 0.2) is 0 Å². The molecule has 0 bridgehead atoms. The van der Waals surface area contributed by atoms with Crippen molar-refractivity contribution in [2.75, 3.05) is 33.4 Å². The molecule has 1 fully saturated rings. The van der Waals surface area contributed by atoms with Crippen molar-refractivity contribution in [1.82, 2.24) is 9.80 Å². The molecule has 2 aromatic rings. The molecule has 1 aliphatic rings. The lowest BCUT2D eigenvalue weighted by molar-refractivity contribution is 0.0495. The summed E-state index contributed by atoms with van der Waals surface area (Å²) < 4.78 is 5.16. The van der Waals surface area contributed by atoms with E-state index in [1.807, 2.05) is 12.1 Å². The number of aromatic hydroxyl groups is 1. The molecule has 1 unspecified atom stereocenters. The summed E-state index contributed by atoms with van der Waals surface area (Å²) in [4.78, 5) is 4.83. The van der Waals surface area contributed by atoms with Crippen molar-refractivity contribution >= 4 is 0 Å². The second kappa shape index (κ2) is 9.22. The molecular weight excluding hydrogens is 340 g/mol. The third kappa shape index (κ3) is 5.01. The summed E-state index contributed by atoms with van der Waals surface area (Å²) in [5.41, 5.74) is 3.57. The smallest absolute Gasteiger partial charge is 0.123 e. The van der Waals surface area contributed by atoms with E-state index in [4.69, 9.17) is 4.74 Å². The Morgan fingerprint density at radius 3 is 2.59 bits per heavy atom. The zero-order chi connectivity index (χ0) is 19.2. The van der Waals surface area contributed by atoms with E-state index in [2.05, 4.69) is 41.0 Å². The van der Waals surface area contributed by atoms with Crippen LogP contribution >= 0.6 is 0 Å². The normalized spacial score (nSPS) is 18.6. The first-order chi connectivity index (χ1) is 13.1. The van der Waals surface area contributed by atoms with Gasteiger partial charge in [-0.05, 0) is 30.5 Å². The molecule has 2 aromatic carbocycles. The molecule has 5 nitrogen and oxygen atoms in total. The summed E-state index contributed by atoms with van der Waals surface area (Å²) in [6.45, 7) is 6.75. The van der Waals surface area contributed by atoms with Gasteiger partial charge in [-0.15, -0.1) is 0 Å². The van der Waals surface area contributed by atoms with Gasteiger partial charge >= 0.3 is 0 Å². The van der Waals surface area contributed by atoms with Gasteiger partial charge < -0.3 is 14.9 Å². The van der Waals surface area contributed by atoms with Crippen LogP contribution in [-0.4, -0.2) is 59.4 Å². The molecule has 0 amide bonds. The fourth-order valence-electron chi connectivity index (χ4n) is 3.78. The maximum atomic E-state index is 10.2. The summed E-state index contributed by atoms with van der Waals surface area (Å²) in [5, 5.41) is 19.8. The molecule has 0 spiro atoms. The van der Waals surface area contributed by atoms with Crippen molar-refractivity contribution in [2.45, 2.75) is 32.5 Å². The maximum absolute atomic E-state index is 10.2. The lowest BCUT2D eigenvalue weighted by Gasteiger charge is -2.41. The number of phenolic OH excluding ortho intramolecular Hbond substituents is 1. The molecule has 1 heterocycles. The van der Waals surface area contributed by atoms with Crippen LogP contribution in [0, 0.1) is 6.92 Å². The predicted molar refractivity (Wildman–Crippen MR) is 107 cm³/mol. The van der Waals surface area contributed by atoms with Gasteiger partial charge in [0, 0.05) is 57.0 Å². The van der Waals surface area contributed by atoms with Crippen molar-refractivity contribution < 1.29 is 14.9 Å². The Kier molecular flexibility index (Phi) is 6.72. The number of nitrogens with zero attached hydrogens (tertiary/aromatic N) is 2. The third-order valence-corrected chi connectivity index (χ3v) is 5.47. The minimum atomic E-state index is 0.191. The molecule has 1 aliphatic heterocycles. The molecule has 0 radical (unpaired) electrons. The lowest BCUT2D eigenvalue weighted by Crippen LogP contribution is -2.52. The van der Waals surface area contributed by atoms with Crippen LogP contribution in [0.5, 0.6) is 11.5 Å². The Bertz CT molecular complexity index is 750. The topological polar surface area (TPSA) is 56.2 Å². The van der Waals surface area contributed by atoms with E-state index in [1.165, 1.54) is 11.1 Å². The van der Waals surface area contributed by atoms with Crippen LogP contribution in [0.15, 0.2) is 42.5 Å². The van der Waals surface area contributed by atoms with Crippen LogP contribution in [-0.2, 0) is 13.1 Å². The monoisotopic (exact) mass is 370 g/mol. The van der Waals surface area contributed by atoms with Crippen molar-refractivity contribution in [3.05, 3.63) is 59.2 Å². The molecule has 5 heteroatoms. The highest BCUT2D eigenvalue weighted by Crippen LogP contribution is 2.26. The van der Waals surface area contributed by atoms with Crippen LogP contribution in [0.3, 0.4) is 0 Å². The largest absolute Gasteiger partial charge is 0.507 e. The molecule has 27 heavy (non-hydrogen) atoms. The summed E-state index contributed by atoms with van der Waals surface area (Å²) >= 11 is 0. The number of phenols is 1. The number of aliphatic hydroxyl groups excluding tert-OH is 1. The van der Waals surface area contributed by atoms with E-state index >= 15 is 0 Å². The van der Waals surface area contributed by atoms with Crippen molar-refractivity contribution in [1.29, 1.82) is 0 Å². The van der Waals surface area contributed by atoms with E-state index in [0.717, 1.165) is 38.2 Å². The molecule has 0 aliphatic carbocycles. The molecule has 3 rings (SSSR count). The number of piperazine rings is 1. The Morgan fingerprint density at radius 1 is 1.07 bits per heavy atom. The van der Waals surface area contributed by atoms with Gasteiger partial charge in [0.1, 0.15) is 11.5 Å². The molecule has 1 saturated heterocycles. The Labute approximate surface area is 161 Å². The molecule has 146 valence electrons. The van der Waals surface area contributed by atoms with Crippen molar-refractivity contribution in [3.63, 3.8) is 0 Å². The van der Waals surface area contributed by atoms with E-state index < -0.39 is 0 Å². The van der Waals surface area contributed by atoms with Gasteiger partial charge in [-0.2, -0.15) is 0 Å². The first kappa shape index (κ1) is 19.7.